The molecule has 0 amide bonds. The van der Waals surface area contributed by atoms with Crippen LogP contribution in [-0.2, 0) is 17.6 Å². The maximum atomic E-state index is 6.08. The van der Waals surface area contributed by atoms with Crippen molar-refractivity contribution in [2.45, 2.75) is 31.2 Å². The Kier molecular flexibility index (Phi) is 4.08. The molecule has 0 spiro atoms. The molecule has 2 atom stereocenters. The molecule has 0 bridgehead atoms. The lowest BCUT2D eigenvalue weighted by Crippen LogP contribution is -2.37. The van der Waals surface area contributed by atoms with Crippen LogP contribution in [0.3, 0.4) is 0 Å². The number of aromatic nitrogens is 2. The predicted octanol–water partition coefficient (Wildman–Crippen LogP) is 1.69. The Labute approximate surface area is 118 Å². The van der Waals surface area contributed by atoms with Crippen molar-refractivity contribution in [2.75, 3.05) is 13.2 Å². The van der Waals surface area contributed by atoms with Crippen LogP contribution in [0.5, 0.6) is 0 Å². The number of aryl methyl sites for hydroxylation is 2. The third-order valence-electron chi connectivity index (χ3n) is 3.69. The van der Waals surface area contributed by atoms with Crippen LogP contribution < -0.4 is 5.73 Å². The minimum atomic E-state index is 0.0294. The Bertz CT molecular complexity index is 541. The summed E-state index contributed by atoms with van der Waals surface area (Å²) in [7, 11) is 0. The van der Waals surface area contributed by atoms with Crippen LogP contribution in [0.2, 0.25) is 0 Å². The van der Waals surface area contributed by atoms with Crippen molar-refractivity contribution in [3.63, 3.8) is 0 Å². The highest BCUT2D eigenvalue weighted by Crippen LogP contribution is 2.23. The second-order valence-corrected chi connectivity index (χ2v) is 5.17. The highest BCUT2D eigenvalue weighted by Gasteiger charge is 2.29. The summed E-state index contributed by atoms with van der Waals surface area (Å²) in [6.07, 6.45) is 2.52. The van der Waals surface area contributed by atoms with Crippen LogP contribution >= 0.6 is 0 Å². The van der Waals surface area contributed by atoms with Crippen LogP contribution in [-0.4, -0.2) is 29.4 Å². The van der Waals surface area contributed by atoms with E-state index in [4.69, 9.17) is 15.0 Å². The van der Waals surface area contributed by atoms with Gasteiger partial charge in [-0.15, -0.1) is 0 Å². The number of benzene rings is 1. The quantitative estimate of drug-likeness (QED) is 0.917. The summed E-state index contributed by atoms with van der Waals surface area (Å²) in [6.45, 7) is 1.29. The number of nitrogens with zero attached hydrogens (tertiary/aromatic N) is 2. The van der Waals surface area contributed by atoms with E-state index in [-0.39, 0.29) is 12.0 Å². The molecule has 2 heterocycles. The van der Waals surface area contributed by atoms with Crippen molar-refractivity contribution < 1.29 is 9.26 Å². The van der Waals surface area contributed by atoms with Crippen LogP contribution in [0, 0.1) is 0 Å². The van der Waals surface area contributed by atoms with Gasteiger partial charge in [-0.05, 0) is 18.4 Å². The number of rotatable bonds is 4. The third kappa shape index (κ3) is 3.05. The zero-order valence-electron chi connectivity index (χ0n) is 11.4. The zero-order chi connectivity index (χ0) is 13.8. The zero-order valence-corrected chi connectivity index (χ0v) is 11.4. The summed E-state index contributed by atoms with van der Waals surface area (Å²) in [5, 5.41) is 4.04. The van der Waals surface area contributed by atoms with Gasteiger partial charge in [0, 0.05) is 19.1 Å². The van der Waals surface area contributed by atoms with E-state index in [1.807, 2.05) is 18.2 Å². The summed E-state index contributed by atoms with van der Waals surface area (Å²) < 4.78 is 10.8. The molecule has 1 aliphatic rings. The molecule has 1 saturated heterocycles. The molecule has 3 rings (SSSR count). The lowest BCUT2D eigenvalue weighted by atomic mass is 9.97. The molecule has 2 N–H and O–H groups in total. The molecule has 2 aromatic rings. The van der Waals surface area contributed by atoms with Gasteiger partial charge in [-0.3, -0.25) is 0 Å². The van der Waals surface area contributed by atoms with Gasteiger partial charge in [-0.25, -0.2) is 0 Å². The molecule has 5 heteroatoms. The second kappa shape index (κ2) is 6.15. The largest absolute Gasteiger partial charge is 0.381 e. The lowest BCUT2D eigenvalue weighted by Gasteiger charge is -2.25. The highest BCUT2D eigenvalue weighted by molar-refractivity contribution is 5.15. The number of hydrogen-bond donors (Lipinski definition) is 1. The van der Waals surface area contributed by atoms with Crippen molar-refractivity contribution in [3.05, 3.63) is 47.6 Å². The Balaban J connectivity index is 1.62. The molecule has 1 fully saturated rings. The van der Waals surface area contributed by atoms with Gasteiger partial charge in [-0.2, -0.15) is 4.98 Å². The van der Waals surface area contributed by atoms with Gasteiger partial charge in [0.2, 0.25) is 5.89 Å². The predicted molar refractivity (Wildman–Crippen MR) is 74.3 cm³/mol. The molecule has 1 aliphatic heterocycles. The van der Waals surface area contributed by atoms with Crippen LogP contribution in [0.25, 0.3) is 0 Å². The fourth-order valence-electron chi connectivity index (χ4n) is 2.43. The Morgan fingerprint density at radius 1 is 1.20 bits per heavy atom. The number of hydrogen-bond acceptors (Lipinski definition) is 5. The molecular weight excluding hydrogens is 254 g/mol. The van der Waals surface area contributed by atoms with E-state index in [2.05, 4.69) is 22.3 Å². The molecule has 0 aliphatic carbocycles. The topological polar surface area (TPSA) is 74.2 Å². The first-order valence-corrected chi connectivity index (χ1v) is 7.02. The van der Waals surface area contributed by atoms with Gasteiger partial charge in [0.25, 0.3) is 0 Å². The van der Waals surface area contributed by atoms with Gasteiger partial charge >= 0.3 is 0 Å². The van der Waals surface area contributed by atoms with Crippen molar-refractivity contribution in [2.24, 2.45) is 5.73 Å². The fourth-order valence-corrected chi connectivity index (χ4v) is 2.43. The monoisotopic (exact) mass is 273 g/mol. The van der Waals surface area contributed by atoms with E-state index >= 15 is 0 Å². The van der Waals surface area contributed by atoms with Gasteiger partial charge < -0.3 is 15.0 Å². The Morgan fingerprint density at radius 3 is 2.85 bits per heavy atom. The summed E-state index contributed by atoms with van der Waals surface area (Å²) >= 11 is 0. The fraction of sp³-hybridized carbons (Fsp3) is 0.467. The standard InChI is InChI=1S/C15H19N3O2/c16-13-8-9-19-10-12(13)15-17-14(18-20-15)7-6-11-4-2-1-3-5-11/h1-5,12-13H,6-10,16H2. The maximum absolute atomic E-state index is 6.08. The Morgan fingerprint density at radius 2 is 2.05 bits per heavy atom. The summed E-state index contributed by atoms with van der Waals surface area (Å²) in [6, 6.07) is 10.3. The molecule has 20 heavy (non-hydrogen) atoms. The van der Waals surface area contributed by atoms with E-state index in [1.54, 1.807) is 0 Å². The summed E-state index contributed by atoms with van der Waals surface area (Å²) in [4.78, 5) is 4.46. The van der Waals surface area contributed by atoms with Gasteiger partial charge in [-0.1, -0.05) is 35.5 Å². The molecule has 0 saturated carbocycles. The highest BCUT2D eigenvalue weighted by atomic mass is 16.5. The lowest BCUT2D eigenvalue weighted by molar-refractivity contribution is 0.0590. The van der Waals surface area contributed by atoms with Gasteiger partial charge in [0.05, 0.1) is 12.5 Å². The minimum Gasteiger partial charge on any atom is -0.381 e. The van der Waals surface area contributed by atoms with Crippen LogP contribution in [0.1, 0.15) is 29.6 Å². The average Bonchev–Trinajstić information content (AvgIpc) is 2.95. The first-order chi connectivity index (χ1) is 9.83. The van der Waals surface area contributed by atoms with Gasteiger partial charge in [0.1, 0.15) is 0 Å². The summed E-state index contributed by atoms with van der Waals surface area (Å²) in [5.74, 6) is 1.38. The van der Waals surface area contributed by atoms with Crippen molar-refractivity contribution in [1.82, 2.24) is 10.1 Å². The smallest absolute Gasteiger partial charge is 0.233 e. The molecule has 1 aromatic heterocycles. The van der Waals surface area contributed by atoms with Crippen LogP contribution in [0.4, 0.5) is 0 Å². The van der Waals surface area contributed by atoms with Crippen molar-refractivity contribution in [1.29, 1.82) is 0 Å². The SMILES string of the molecule is NC1CCOCC1c1nc(CCc2ccccc2)no1. The number of ether oxygens (including phenoxy) is 1. The average molecular weight is 273 g/mol. The van der Waals surface area contributed by atoms with Gasteiger partial charge in [0.15, 0.2) is 5.82 Å². The molecule has 0 radical (unpaired) electrons. The maximum Gasteiger partial charge on any atom is 0.233 e. The van der Waals surface area contributed by atoms with E-state index < -0.39 is 0 Å². The second-order valence-electron chi connectivity index (χ2n) is 5.17. The Hall–Kier alpha value is -1.72. The molecular formula is C15H19N3O2. The third-order valence-corrected chi connectivity index (χ3v) is 3.69. The molecule has 2 unspecified atom stereocenters. The van der Waals surface area contributed by atoms with Crippen molar-refractivity contribution in [3.8, 4) is 0 Å². The van der Waals surface area contributed by atoms with E-state index in [0.29, 0.717) is 19.1 Å². The van der Waals surface area contributed by atoms with E-state index in [9.17, 15) is 0 Å². The summed E-state index contributed by atoms with van der Waals surface area (Å²) in [5.41, 5.74) is 7.35. The van der Waals surface area contributed by atoms with E-state index in [0.717, 1.165) is 25.1 Å². The first kappa shape index (κ1) is 13.3. The molecule has 1 aromatic carbocycles. The van der Waals surface area contributed by atoms with Crippen molar-refractivity contribution >= 4 is 0 Å². The normalized spacial score (nSPS) is 22.9. The molecule has 5 nitrogen and oxygen atoms in total. The van der Waals surface area contributed by atoms with E-state index in [1.165, 1.54) is 5.56 Å². The first-order valence-electron chi connectivity index (χ1n) is 7.02. The van der Waals surface area contributed by atoms with Crippen LogP contribution in [0.15, 0.2) is 34.9 Å². The molecule has 106 valence electrons. The minimum absolute atomic E-state index is 0.0294. The number of nitrogens with two attached hydrogens (primary N) is 1.